The van der Waals surface area contributed by atoms with Crippen LogP contribution in [0, 0.1) is 0 Å². The summed E-state index contributed by atoms with van der Waals surface area (Å²) < 4.78 is 0.984. The van der Waals surface area contributed by atoms with Crippen molar-refractivity contribution in [3.05, 3.63) is 64.1 Å². The molecule has 0 unspecified atom stereocenters. The number of benzene rings is 2. The van der Waals surface area contributed by atoms with E-state index in [9.17, 15) is 9.59 Å². The van der Waals surface area contributed by atoms with Crippen molar-refractivity contribution in [2.24, 2.45) is 5.10 Å². The molecule has 0 spiro atoms. The van der Waals surface area contributed by atoms with Crippen molar-refractivity contribution in [3.8, 4) is 0 Å². The van der Waals surface area contributed by atoms with Crippen molar-refractivity contribution < 1.29 is 9.59 Å². The fourth-order valence-corrected chi connectivity index (χ4v) is 2.13. The molecule has 2 amide bonds. The van der Waals surface area contributed by atoms with Crippen molar-refractivity contribution in [2.75, 3.05) is 5.32 Å². The Labute approximate surface area is 142 Å². The molecule has 0 saturated heterocycles. The van der Waals surface area contributed by atoms with Gasteiger partial charge in [0.1, 0.15) is 0 Å². The molecule has 0 aliphatic rings. The molecule has 2 aromatic rings. The van der Waals surface area contributed by atoms with E-state index in [4.69, 9.17) is 0 Å². The van der Waals surface area contributed by atoms with Gasteiger partial charge in [-0.25, -0.2) is 5.43 Å². The van der Waals surface area contributed by atoms with Crippen molar-refractivity contribution in [1.82, 2.24) is 5.43 Å². The lowest BCUT2D eigenvalue weighted by Gasteiger charge is -2.05. The lowest BCUT2D eigenvalue weighted by molar-refractivity contribution is -0.114. The van der Waals surface area contributed by atoms with E-state index in [1.807, 2.05) is 31.2 Å². The first-order chi connectivity index (χ1) is 11.0. The second-order valence-corrected chi connectivity index (χ2v) is 5.82. The third-order valence-electron chi connectivity index (χ3n) is 3.05. The second kappa shape index (κ2) is 7.69. The van der Waals surface area contributed by atoms with Crippen LogP contribution in [-0.4, -0.2) is 17.5 Å². The number of carbonyl (C=O) groups excluding carboxylic acids is 2. The van der Waals surface area contributed by atoms with Crippen molar-refractivity contribution in [3.63, 3.8) is 0 Å². The molecule has 2 aromatic carbocycles. The Morgan fingerprint density at radius 1 is 0.913 bits per heavy atom. The second-order valence-electron chi connectivity index (χ2n) is 4.90. The van der Waals surface area contributed by atoms with Crippen molar-refractivity contribution in [2.45, 2.75) is 13.8 Å². The topological polar surface area (TPSA) is 70.6 Å². The van der Waals surface area contributed by atoms with Gasteiger partial charge >= 0.3 is 0 Å². The minimum atomic E-state index is -0.309. The van der Waals surface area contributed by atoms with E-state index in [2.05, 4.69) is 31.8 Å². The van der Waals surface area contributed by atoms with Gasteiger partial charge in [-0.2, -0.15) is 5.10 Å². The van der Waals surface area contributed by atoms with Crippen LogP contribution in [0.2, 0.25) is 0 Å². The van der Waals surface area contributed by atoms with E-state index in [-0.39, 0.29) is 11.8 Å². The smallest absolute Gasteiger partial charge is 0.271 e. The minimum Gasteiger partial charge on any atom is -0.326 e. The van der Waals surface area contributed by atoms with Crippen LogP contribution in [0.4, 0.5) is 5.69 Å². The third-order valence-corrected chi connectivity index (χ3v) is 3.58. The molecule has 0 heterocycles. The predicted molar refractivity (Wildman–Crippen MR) is 94.6 cm³/mol. The Bertz CT molecular complexity index is 737. The third kappa shape index (κ3) is 5.03. The fourth-order valence-electron chi connectivity index (χ4n) is 1.86. The molecule has 0 aliphatic heterocycles. The van der Waals surface area contributed by atoms with E-state index in [1.54, 1.807) is 24.3 Å². The summed E-state index contributed by atoms with van der Waals surface area (Å²) in [6.07, 6.45) is 0. The van der Waals surface area contributed by atoms with Crippen LogP contribution in [0.3, 0.4) is 0 Å². The number of halogens is 1. The molecule has 0 atom stereocenters. The average Bonchev–Trinajstić information content (AvgIpc) is 2.53. The van der Waals surface area contributed by atoms with Crippen LogP contribution < -0.4 is 10.7 Å². The molecule has 0 aromatic heterocycles. The number of hydrogen-bond acceptors (Lipinski definition) is 3. The highest BCUT2D eigenvalue weighted by atomic mass is 79.9. The number of nitrogens with zero attached hydrogens (tertiary/aromatic N) is 1. The first kappa shape index (κ1) is 16.9. The van der Waals surface area contributed by atoms with Gasteiger partial charge in [-0.1, -0.05) is 28.1 Å². The molecule has 0 bridgehead atoms. The molecule has 0 saturated carbocycles. The maximum absolute atomic E-state index is 12.1. The van der Waals surface area contributed by atoms with E-state index >= 15 is 0 Å². The molecule has 5 nitrogen and oxygen atoms in total. The Hall–Kier alpha value is -2.47. The first-order valence-corrected chi connectivity index (χ1v) is 7.73. The molecule has 118 valence electrons. The summed E-state index contributed by atoms with van der Waals surface area (Å²) in [5.74, 6) is -0.465. The van der Waals surface area contributed by atoms with E-state index < -0.39 is 0 Å². The largest absolute Gasteiger partial charge is 0.326 e. The number of anilines is 1. The van der Waals surface area contributed by atoms with Gasteiger partial charge < -0.3 is 5.32 Å². The number of hydrogen-bond donors (Lipinski definition) is 2. The van der Waals surface area contributed by atoms with Gasteiger partial charge in [-0.3, -0.25) is 9.59 Å². The number of hydrazone groups is 1. The van der Waals surface area contributed by atoms with Crippen LogP contribution in [-0.2, 0) is 4.79 Å². The average molecular weight is 374 g/mol. The standard InChI is InChI=1S/C17H16BrN3O2/c1-11(13-3-7-15(18)8-4-13)20-21-17(23)14-5-9-16(10-6-14)19-12(2)22/h3-10H,1-2H3,(H,19,22)(H,21,23). The molecule has 2 N–H and O–H groups in total. The number of rotatable bonds is 4. The molecule has 0 radical (unpaired) electrons. The first-order valence-electron chi connectivity index (χ1n) is 6.94. The quantitative estimate of drug-likeness (QED) is 0.635. The monoisotopic (exact) mass is 373 g/mol. The zero-order valence-corrected chi connectivity index (χ0v) is 14.3. The summed E-state index contributed by atoms with van der Waals surface area (Å²) in [6, 6.07) is 14.3. The maximum Gasteiger partial charge on any atom is 0.271 e. The van der Waals surface area contributed by atoms with Gasteiger partial charge in [0, 0.05) is 22.6 Å². The van der Waals surface area contributed by atoms with Gasteiger partial charge in [-0.15, -0.1) is 0 Å². The molecule has 0 fully saturated rings. The van der Waals surface area contributed by atoms with Gasteiger partial charge in [0.2, 0.25) is 5.91 Å². The highest BCUT2D eigenvalue weighted by Gasteiger charge is 2.05. The predicted octanol–water partition coefficient (Wildman–Crippen LogP) is 3.56. The Morgan fingerprint density at radius 2 is 1.48 bits per heavy atom. The Balaban J connectivity index is 2.02. The van der Waals surface area contributed by atoms with E-state index in [0.717, 1.165) is 10.0 Å². The molecule has 23 heavy (non-hydrogen) atoms. The minimum absolute atomic E-state index is 0.156. The number of amides is 2. The van der Waals surface area contributed by atoms with E-state index in [0.29, 0.717) is 17.0 Å². The van der Waals surface area contributed by atoms with Gasteiger partial charge in [0.25, 0.3) is 5.91 Å². The fraction of sp³-hybridized carbons (Fsp3) is 0.118. The summed E-state index contributed by atoms with van der Waals surface area (Å²) >= 11 is 3.37. The number of nitrogens with one attached hydrogen (secondary N) is 2. The van der Waals surface area contributed by atoms with Crippen LogP contribution in [0.5, 0.6) is 0 Å². The Morgan fingerprint density at radius 3 is 2.04 bits per heavy atom. The number of carbonyl (C=O) groups is 2. The maximum atomic E-state index is 12.1. The molecular weight excluding hydrogens is 358 g/mol. The highest BCUT2D eigenvalue weighted by molar-refractivity contribution is 9.10. The molecular formula is C17H16BrN3O2. The zero-order valence-electron chi connectivity index (χ0n) is 12.8. The lowest BCUT2D eigenvalue weighted by Crippen LogP contribution is -2.19. The van der Waals surface area contributed by atoms with Crippen LogP contribution in [0.15, 0.2) is 58.1 Å². The van der Waals surface area contributed by atoms with Gasteiger partial charge in [0.05, 0.1) is 5.71 Å². The van der Waals surface area contributed by atoms with E-state index in [1.165, 1.54) is 6.92 Å². The van der Waals surface area contributed by atoms with Crippen LogP contribution >= 0.6 is 15.9 Å². The summed E-state index contributed by atoms with van der Waals surface area (Å²) in [4.78, 5) is 23.0. The summed E-state index contributed by atoms with van der Waals surface area (Å²) in [5, 5.41) is 6.75. The molecule has 0 aliphatic carbocycles. The molecule has 2 rings (SSSR count). The van der Waals surface area contributed by atoms with Crippen LogP contribution in [0.25, 0.3) is 0 Å². The summed E-state index contributed by atoms with van der Waals surface area (Å²) in [6.45, 7) is 3.25. The van der Waals surface area contributed by atoms with Crippen LogP contribution in [0.1, 0.15) is 29.8 Å². The van der Waals surface area contributed by atoms with Gasteiger partial charge in [-0.05, 0) is 48.9 Å². The highest BCUT2D eigenvalue weighted by Crippen LogP contribution is 2.12. The van der Waals surface area contributed by atoms with Crippen molar-refractivity contribution >= 4 is 39.1 Å². The molecule has 6 heteroatoms. The lowest BCUT2D eigenvalue weighted by atomic mass is 10.1. The Kier molecular flexibility index (Phi) is 5.65. The van der Waals surface area contributed by atoms with Gasteiger partial charge in [0.15, 0.2) is 0 Å². The summed E-state index contributed by atoms with van der Waals surface area (Å²) in [7, 11) is 0. The SMILES string of the molecule is CC(=O)Nc1ccc(C(=O)NN=C(C)c2ccc(Br)cc2)cc1. The summed E-state index contributed by atoms with van der Waals surface area (Å²) in [5.41, 5.74) is 5.26. The normalized spacial score (nSPS) is 11.0. The zero-order chi connectivity index (χ0) is 16.8. The van der Waals surface area contributed by atoms with Crippen molar-refractivity contribution in [1.29, 1.82) is 0 Å².